The minimum atomic E-state index is -0.547. The largest absolute Gasteiger partial charge is 0.452 e. The number of likely N-dealkylation sites (tertiary alicyclic amines) is 1. The van der Waals surface area contributed by atoms with Crippen molar-refractivity contribution in [3.8, 4) is 0 Å². The Morgan fingerprint density at radius 3 is 2.74 bits per heavy atom. The van der Waals surface area contributed by atoms with Crippen molar-refractivity contribution in [3.63, 3.8) is 0 Å². The van der Waals surface area contributed by atoms with Gasteiger partial charge in [-0.3, -0.25) is 9.59 Å². The molecule has 4 rings (SSSR count). The number of nitrogens with zero attached hydrogens (tertiary/aromatic N) is 2. The molecule has 0 aliphatic carbocycles. The summed E-state index contributed by atoms with van der Waals surface area (Å²) in [6.07, 6.45) is 3.81. The molecule has 1 aromatic rings. The van der Waals surface area contributed by atoms with Crippen molar-refractivity contribution in [1.29, 1.82) is 0 Å². The molecule has 0 saturated carbocycles. The first kappa shape index (κ1) is 17.8. The molecule has 3 aliphatic heterocycles. The number of carbonyl (C=O) groups excluding carboxylic acids is 3. The first-order valence-corrected chi connectivity index (χ1v) is 9.69. The molecule has 144 valence electrons. The fourth-order valence-electron chi connectivity index (χ4n) is 4.12. The Morgan fingerprint density at radius 2 is 1.96 bits per heavy atom. The van der Waals surface area contributed by atoms with E-state index in [0.717, 1.165) is 51.0 Å². The summed E-state index contributed by atoms with van der Waals surface area (Å²) in [5, 5.41) is 2.88. The predicted molar refractivity (Wildman–Crippen MR) is 101 cm³/mol. The summed E-state index contributed by atoms with van der Waals surface area (Å²) in [6, 6.07) is 5.07. The third-order valence-corrected chi connectivity index (χ3v) is 5.82. The van der Waals surface area contributed by atoms with E-state index in [-0.39, 0.29) is 24.5 Å². The predicted octanol–water partition coefficient (Wildman–Crippen LogP) is 2.02. The van der Waals surface area contributed by atoms with Gasteiger partial charge in [-0.1, -0.05) is 6.92 Å². The lowest BCUT2D eigenvalue weighted by Gasteiger charge is -2.33. The molecule has 3 heterocycles. The third-order valence-electron chi connectivity index (χ3n) is 5.82. The number of hydrogen-bond donors (Lipinski definition) is 1. The van der Waals surface area contributed by atoms with E-state index in [2.05, 4.69) is 17.1 Å². The molecule has 0 unspecified atom stereocenters. The van der Waals surface area contributed by atoms with Crippen molar-refractivity contribution >= 4 is 29.2 Å². The number of anilines is 2. The fourth-order valence-corrected chi connectivity index (χ4v) is 4.12. The number of hydrogen-bond acceptors (Lipinski definition) is 5. The van der Waals surface area contributed by atoms with Gasteiger partial charge >= 0.3 is 5.97 Å². The molecular formula is C20H25N3O4. The zero-order chi connectivity index (χ0) is 19.0. The monoisotopic (exact) mass is 371 g/mol. The quantitative estimate of drug-likeness (QED) is 0.823. The Bertz CT molecular complexity index is 770. The van der Waals surface area contributed by atoms with Crippen LogP contribution >= 0.6 is 0 Å². The first-order valence-electron chi connectivity index (χ1n) is 9.69. The summed E-state index contributed by atoms with van der Waals surface area (Å²) in [6.45, 7) is 4.22. The number of fused-ring (bicyclic) bond motifs is 3. The van der Waals surface area contributed by atoms with E-state index in [1.165, 1.54) is 0 Å². The Kier molecular flexibility index (Phi) is 4.76. The van der Waals surface area contributed by atoms with Crippen LogP contribution in [0.1, 0.15) is 43.0 Å². The van der Waals surface area contributed by atoms with Gasteiger partial charge < -0.3 is 19.9 Å². The van der Waals surface area contributed by atoms with Gasteiger partial charge in [-0.05, 0) is 49.8 Å². The lowest BCUT2D eigenvalue weighted by Crippen LogP contribution is -2.44. The van der Waals surface area contributed by atoms with Gasteiger partial charge in [-0.15, -0.1) is 0 Å². The Labute approximate surface area is 158 Å². The van der Waals surface area contributed by atoms with Crippen LogP contribution < -0.4 is 10.2 Å². The molecule has 1 N–H and O–H groups in total. The van der Waals surface area contributed by atoms with Crippen LogP contribution in [0.25, 0.3) is 0 Å². The smallest absolute Gasteiger partial charge is 0.338 e. The van der Waals surface area contributed by atoms with Crippen molar-refractivity contribution < 1.29 is 19.1 Å². The van der Waals surface area contributed by atoms with Crippen LogP contribution in [-0.2, 0) is 14.3 Å². The normalized spacial score (nSPS) is 22.1. The molecule has 7 heteroatoms. The van der Waals surface area contributed by atoms with Crippen LogP contribution in [-0.4, -0.2) is 55.0 Å². The van der Waals surface area contributed by atoms with Gasteiger partial charge in [0.1, 0.15) is 6.04 Å². The number of ether oxygens (including phenoxy) is 1. The third kappa shape index (κ3) is 3.50. The molecule has 0 aromatic heterocycles. The highest BCUT2D eigenvalue weighted by Crippen LogP contribution is 2.37. The summed E-state index contributed by atoms with van der Waals surface area (Å²) < 4.78 is 5.22. The number of rotatable bonds is 3. The summed E-state index contributed by atoms with van der Waals surface area (Å²) in [7, 11) is 0. The second-order valence-corrected chi connectivity index (χ2v) is 7.71. The minimum absolute atomic E-state index is 0.0278. The number of esters is 1. The standard InChI is InChI=1S/C20H25N3O4/c1-13-6-9-22(10-7-13)18(24)12-27-20(26)14-4-5-16-15(11-14)21-19(25)17-3-2-8-23(16)17/h4-5,11,13,17H,2-3,6-10,12H2,1H3,(H,21,25)/t17-/m0/s1. The highest BCUT2D eigenvalue weighted by molar-refractivity contribution is 6.05. The number of amides is 2. The van der Waals surface area contributed by atoms with Crippen molar-refractivity contribution in [3.05, 3.63) is 23.8 Å². The Balaban J connectivity index is 1.39. The van der Waals surface area contributed by atoms with Crippen LogP contribution in [0.5, 0.6) is 0 Å². The Hall–Kier alpha value is -2.57. The average Bonchev–Trinajstić information content (AvgIpc) is 3.17. The molecule has 1 aromatic carbocycles. The minimum Gasteiger partial charge on any atom is -0.452 e. The van der Waals surface area contributed by atoms with Crippen LogP contribution in [0.3, 0.4) is 0 Å². The number of piperidine rings is 1. The molecule has 0 spiro atoms. The van der Waals surface area contributed by atoms with Crippen molar-refractivity contribution in [2.45, 2.75) is 38.6 Å². The number of carbonyl (C=O) groups is 3. The van der Waals surface area contributed by atoms with Gasteiger partial charge in [-0.2, -0.15) is 0 Å². The highest BCUT2D eigenvalue weighted by Gasteiger charge is 2.36. The molecule has 0 radical (unpaired) electrons. The van der Waals surface area contributed by atoms with E-state index < -0.39 is 5.97 Å². The maximum Gasteiger partial charge on any atom is 0.338 e. The van der Waals surface area contributed by atoms with Gasteiger partial charge in [-0.25, -0.2) is 4.79 Å². The maximum absolute atomic E-state index is 12.4. The summed E-state index contributed by atoms with van der Waals surface area (Å²) in [5.41, 5.74) is 1.91. The molecule has 3 aliphatic rings. The highest BCUT2D eigenvalue weighted by atomic mass is 16.5. The van der Waals surface area contributed by atoms with Crippen LogP contribution in [0.2, 0.25) is 0 Å². The van der Waals surface area contributed by atoms with Crippen LogP contribution in [0, 0.1) is 5.92 Å². The average molecular weight is 371 g/mol. The van der Waals surface area contributed by atoms with E-state index in [1.54, 1.807) is 17.0 Å². The molecule has 0 bridgehead atoms. The van der Waals surface area contributed by atoms with Crippen molar-refractivity contribution in [1.82, 2.24) is 4.90 Å². The van der Waals surface area contributed by atoms with E-state index in [1.807, 2.05) is 6.07 Å². The van der Waals surface area contributed by atoms with Gasteiger partial charge in [0.2, 0.25) is 5.91 Å². The second-order valence-electron chi connectivity index (χ2n) is 7.71. The number of benzene rings is 1. The van der Waals surface area contributed by atoms with Gasteiger partial charge in [0.15, 0.2) is 6.61 Å². The fraction of sp³-hybridized carbons (Fsp3) is 0.550. The number of nitrogens with one attached hydrogen (secondary N) is 1. The molecule has 2 saturated heterocycles. The SMILES string of the molecule is CC1CCN(C(=O)COC(=O)c2ccc3c(c2)NC(=O)[C@@H]2CCCN32)CC1. The topological polar surface area (TPSA) is 79.0 Å². The Morgan fingerprint density at radius 1 is 1.19 bits per heavy atom. The van der Waals surface area contributed by atoms with Gasteiger partial charge in [0.25, 0.3) is 5.91 Å². The van der Waals surface area contributed by atoms with Crippen LogP contribution in [0.15, 0.2) is 18.2 Å². The van der Waals surface area contributed by atoms with Crippen molar-refractivity contribution in [2.24, 2.45) is 5.92 Å². The lowest BCUT2D eigenvalue weighted by molar-refractivity contribution is -0.135. The van der Waals surface area contributed by atoms with E-state index in [9.17, 15) is 14.4 Å². The molecule has 1 atom stereocenters. The molecule has 2 amide bonds. The molecule has 27 heavy (non-hydrogen) atoms. The lowest BCUT2D eigenvalue weighted by atomic mass is 9.99. The first-order chi connectivity index (χ1) is 13.0. The van der Waals surface area contributed by atoms with Crippen molar-refractivity contribution in [2.75, 3.05) is 36.5 Å². The molecule has 2 fully saturated rings. The zero-order valence-corrected chi connectivity index (χ0v) is 15.6. The van der Waals surface area contributed by atoms with E-state index in [4.69, 9.17) is 4.74 Å². The summed E-state index contributed by atoms with van der Waals surface area (Å²) in [4.78, 5) is 40.6. The maximum atomic E-state index is 12.4. The van der Waals surface area contributed by atoms with Gasteiger partial charge in [0, 0.05) is 19.6 Å². The van der Waals surface area contributed by atoms with E-state index in [0.29, 0.717) is 17.2 Å². The van der Waals surface area contributed by atoms with Crippen LogP contribution in [0.4, 0.5) is 11.4 Å². The summed E-state index contributed by atoms with van der Waals surface area (Å²) in [5.74, 6) is -0.0896. The second kappa shape index (κ2) is 7.21. The van der Waals surface area contributed by atoms with E-state index >= 15 is 0 Å². The van der Waals surface area contributed by atoms with Gasteiger partial charge in [0.05, 0.1) is 16.9 Å². The summed E-state index contributed by atoms with van der Waals surface area (Å²) >= 11 is 0. The molecular weight excluding hydrogens is 346 g/mol. The zero-order valence-electron chi connectivity index (χ0n) is 15.6. The molecule has 7 nitrogen and oxygen atoms in total.